The van der Waals surface area contributed by atoms with Gasteiger partial charge in [0.05, 0.1) is 11.2 Å². The van der Waals surface area contributed by atoms with E-state index in [-0.39, 0.29) is 16.6 Å². The number of halogens is 1. The molecule has 3 rings (SSSR count). The summed E-state index contributed by atoms with van der Waals surface area (Å²) in [5.41, 5.74) is 0.141. The smallest absolute Gasteiger partial charge is 0.278 e. The Morgan fingerprint density at radius 3 is 2.62 bits per heavy atom. The summed E-state index contributed by atoms with van der Waals surface area (Å²) in [6.07, 6.45) is 3.67. The van der Waals surface area contributed by atoms with Crippen LogP contribution >= 0.6 is 11.6 Å². The predicted octanol–water partition coefficient (Wildman–Crippen LogP) is 2.23. The minimum Gasteiger partial charge on any atom is -0.341 e. The molecule has 1 aliphatic rings. The summed E-state index contributed by atoms with van der Waals surface area (Å²) in [4.78, 5) is 27.5. The number of nitrogens with one attached hydrogen (secondary N) is 1. The number of hydrogen-bond donors (Lipinski definition) is 1. The number of carbonyl (C=O) groups is 1. The number of hydrogen-bond acceptors (Lipinski definition) is 6. The molecule has 0 aliphatic carbocycles. The molecule has 1 amide bonds. The lowest BCUT2D eigenvalue weighted by atomic mass is 10.2. The van der Waals surface area contributed by atoms with Gasteiger partial charge in [0, 0.05) is 26.1 Å². The van der Waals surface area contributed by atoms with Crippen molar-refractivity contribution >= 4 is 29.4 Å². The quantitative estimate of drug-likeness (QED) is 0.910. The second kappa shape index (κ2) is 6.72. The monoisotopic (exact) mass is 349 g/mol. The summed E-state index contributed by atoms with van der Waals surface area (Å²) >= 11 is 6.11. The molecule has 0 radical (unpaired) electrons. The third kappa shape index (κ3) is 3.33. The van der Waals surface area contributed by atoms with E-state index < -0.39 is 5.91 Å². The van der Waals surface area contributed by atoms with Gasteiger partial charge in [-0.1, -0.05) is 25.4 Å². The van der Waals surface area contributed by atoms with Crippen LogP contribution in [-0.4, -0.2) is 43.7 Å². The lowest BCUT2D eigenvalue weighted by Crippen LogP contribution is -2.23. The van der Waals surface area contributed by atoms with Crippen LogP contribution in [-0.2, 0) is 7.05 Å². The first-order chi connectivity index (χ1) is 11.5. The van der Waals surface area contributed by atoms with Crippen LogP contribution < -0.4 is 10.2 Å². The number of nitrogens with zero attached hydrogens (tertiary/aromatic N) is 6. The molecule has 0 aromatic carbocycles. The highest BCUT2D eigenvalue weighted by Gasteiger charge is 2.21. The van der Waals surface area contributed by atoms with Crippen molar-refractivity contribution in [3.8, 4) is 0 Å². The molecule has 9 heteroatoms. The van der Waals surface area contributed by atoms with E-state index in [0.29, 0.717) is 17.7 Å². The number of anilines is 2. The van der Waals surface area contributed by atoms with E-state index in [1.807, 2.05) is 18.7 Å². The largest absolute Gasteiger partial charge is 0.341 e. The van der Waals surface area contributed by atoms with Crippen molar-refractivity contribution in [3.05, 3.63) is 22.7 Å². The Bertz CT molecular complexity index is 752. The average molecular weight is 350 g/mol. The van der Waals surface area contributed by atoms with Crippen molar-refractivity contribution < 1.29 is 4.79 Å². The normalized spacial score (nSPS) is 14.5. The lowest BCUT2D eigenvalue weighted by molar-refractivity contribution is 0.102. The van der Waals surface area contributed by atoms with E-state index in [1.165, 1.54) is 10.9 Å². The second-order valence-corrected chi connectivity index (χ2v) is 6.49. The molecule has 1 N–H and O–H groups in total. The van der Waals surface area contributed by atoms with E-state index >= 15 is 0 Å². The van der Waals surface area contributed by atoms with Crippen molar-refractivity contribution in [2.75, 3.05) is 23.3 Å². The summed E-state index contributed by atoms with van der Waals surface area (Å²) in [6, 6.07) is 0. The maximum Gasteiger partial charge on any atom is 0.278 e. The van der Waals surface area contributed by atoms with Gasteiger partial charge in [-0.2, -0.15) is 10.1 Å². The molecule has 2 aromatic rings. The number of aryl methyl sites for hydroxylation is 1. The zero-order valence-corrected chi connectivity index (χ0v) is 14.7. The maximum atomic E-state index is 12.5. The summed E-state index contributed by atoms with van der Waals surface area (Å²) in [6.45, 7) is 5.77. The molecule has 0 spiro atoms. The van der Waals surface area contributed by atoms with Gasteiger partial charge in [-0.15, -0.1) is 0 Å². The Morgan fingerprint density at radius 2 is 2.00 bits per heavy atom. The van der Waals surface area contributed by atoms with Gasteiger partial charge in [0.15, 0.2) is 11.5 Å². The minimum absolute atomic E-state index is 0.141. The lowest BCUT2D eigenvalue weighted by Gasteiger charge is -2.15. The van der Waals surface area contributed by atoms with Crippen molar-refractivity contribution in [1.29, 1.82) is 0 Å². The van der Waals surface area contributed by atoms with Gasteiger partial charge in [-0.25, -0.2) is 14.6 Å². The second-order valence-electron chi connectivity index (χ2n) is 6.09. The van der Waals surface area contributed by atoms with E-state index in [4.69, 9.17) is 11.6 Å². The molecule has 24 heavy (non-hydrogen) atoms. The molecule has 1 aliphatic heterocycles. The van der Waals surface area contributed by atoms with Crippen LogP contribution in [0, 0.1) is 0 Å². The molecule has 0 bridgehead atoms. The van der Waals surface area contributed by atoms with Crippen LogP contribution in [0.1, 0.15) is 48.9 Å². The topological polar surface area (TPSA) is 88.8 Å². The van der Waals surface area contributed by atoms with Gasteiger partial charge in [-0.3, -0.25) is 10.1 Å². The van der Waals surface area contributed by atoms with Crippen molar-refractivity contribution in [2.45, 2.75) is 32.6 Å². The average Bonchev–Trinajstić information content (AvgIpc) is 3.18. The Balaban J connectivity index is 1.83. The van der Waals surface area contributed by atoms with E-state index in [0.717, 1.165) is 25.9 Å². The SMILES string of the molecule is CC(C)c1nc(NC(=O)c2nc(N3CCCC3)ncc2Cl)n(C)n1. The Labute approximate surface area is 145 Å². The Hall–Kier alpha value is -2.22. The molecule has 3 heterocycles. The van der Waals surface area contributed by atoms with Crippen LogP contribution in [0.5, 0.6) is 0 Å². The fourth-order valence-corrected chi connectivity index (χ4v) is 2.68. The van der Waals surface area contributed by atoms with Gasteiger partial charge >= 0.3 is 0 Å². The zero-order valence-electron chi connectivity index (χ0n) is 14.0. The van der Waals surface area contributed by atoms with E-state index in [2.05, 4.69) is 25.4 Å². The molecular formula is C15H20ClN7O. The highest BCUT2D eigenvalue weighted by molar-refractivity contribution is 6.33. The third-order valence-electron chi connectivity index (χ3n) is 3.86. The first kappa shape index (κ1) is 16.6. The van der Waals surface area contributed by atoms with Gasteiger partial charge in [0.2, 0.25) is 11.9 Å². The molecule has 128 valence electrons. The summed E-state index contributed by atoms with van der Waals surface area (Å²) in [5, 5.41) is 7.20. The number of amides is 1. The van der Waals surface area contributed by atoms with Crippen LogP contribution in [0.4, 0.5) is 11.9 Å². The van der Waals surface area contributed by atoms with Gasteiger partial charge in [-0.05, 0) is 12.8 Å². The highest BCUT2D eigenvalue weighted by Crippen LogP contribution is 2.21. The summed E-state index contributed by atoms with van der Waals surface area (Å²) in [7, 11) is 1.73. The van der Waals surface area contributed by atoms with Crippen molar-refractivity contribution in [2.24, 2.45) is 7.05 Å². The number of carbonyl (C=O) groups excluding carboxylic acids is 1. The van der Waals surface area contributed by atoms with Crippen molar-refractivity contribution in [1.82, 2.24) is 24.7 Å². The van der Waals surface area contributed by atoms with Crippen molar-refractivity contribution in [3.63, 3.8) is 0 Å². The molecule has 8 nitrogen and oxygen atoms in total. The summed E-state index contributed by atoms with van der Waals surface area (Å²) in [5.74, 6) is 1.31. The summed E-state index contributed by atoms with van der Waals surface area (Å²) < 4.78 is 1.53. The van der Waals surface area contributed by atoms with Crippen LogP contribution in [0.2, 0.25) is 5.02 Å². The van der Waals surface area contributed by atoms with Gasteiger partial charge < -0.3 is 4.90 Å². The third-order valence-corrected chi connectivity index (χ3v) is 4.13. The molecule has 2 aromatic heterocycles. The van der Waals surface area contributed by atoms with E-state index in [1.54, 1.807) is 7.05 Å². The molecule has 1 fully saturated rings. The Kier molecular flexibility index (Phi) is 4.66. The highest BCUT2D eigenvalue weighted by atomic mass is 35.5. The molecule has 0 unspecified atom stereocenters. The first-order valence-electron chi connectivity index (χ1n) is 7.95. The molecule has 0 saturated carbocycles. The van der Waals surface area contributed by atoms with E-state index in [9.17, 15) is 4.79 Å². The van der Waals surface area contributed by atoms with Crippen LogP contribution in [0.25, 0.3) is 0 Å². The zero-order chi connectivity index (χ0) is 17.3. The molecule has 1 saturated heterocycles. The fourth-order valence-electron chi connectivity index (χ4n) is 2.50. The maximum absolute atomic E-state index is 12.5. The Morgan fingerprint density at radius 1 is 1.29 bits per heavy atom. The predicted molar refractivity (Wildman–Crippen MR) is 91.5 cm³/mol. The number of aromatic nitrogens is 5. The minimum atomic E-state index is -0.423. The molecular weight excluding hydrogens is 330 g/mol. The van der Waals surface area contributed by atoms with Gasteiger partial charge in [0.25, 0.3) is 5.91 Å². The van der Waals surface area contributed by atoms with Crippen LogP contribution in [0.3, 0.4) is 0 Å². The van der Waals surface area contributed by atoms with Gasteiger partial charge in [0.1, 0.15) is 0 Å². The first-order valence-corrected chi connectivity index (χ1v) is 8.33. The van der Waals surface area contributed by atoms with Crippen LogP contribution in [0.15, 0.2) is 6.20 Å². The standard InChI is InChI=1S/C15H20ClN7O/c1-9(2)12-19-15(22(3)21-12)20-13(24)11-10(16)8-17-14(18-11)23-6-4-5-7-23/h8-9H,4-7H2,1-3H3,(H,19,20,21,24). The number of rotatable bonds is 4. The molecule has 0 atom stereocenters. The fraction of sp³-hybridized carbons (Fsp3) is 0.533.